The lowest BCUT2D eigenvalue weighted by atomic mass is 10.1. The van der Waals surface area contributed by atoms with Gasteiger partial charge in [0.2, 0.25) is 0 Å². The summed E-state index contributed by atoms with van der Waals surface area (Å²) in [6.07, 6.45) is 0. The fraction of sp³-hybridized carbons (Fsp3) is 0.125. The van der Waals surface area contributed by atoms with Gasteiger partial charge in [-0.3, -0.25) is 0 Å². The molecule has 0 spiro atoms. The van der Waals surface area contributed by atoms with Crippen molar-refractivity contribution in [3.63, 3.8) is 0 Å². The largest absolute Gasteiger partial charge is 0.496 e. The normalized spacial score (nSPS) is 10.8. The molecule has 3 aromatic rings. The molecular formula is C16H13ClO2. The van der Waals surface area contributed by atoms with Gasteiger partial charge in [0, 0.05) is 11.3 Å². The molecule has 0 aliphatic heterocycles. The highest BCUT2D eigenvalue weighted by molar-refractivity contribution is 6.17. The molecule has 2 nitrogen and oxygen atoms in total. The van der Waals surface area contributed by atoms with Crippen LogP contribution in [-0.4, -0.2) is 7.11 Å². The second-order valence-electron chi connectivity index (χ2n) is 4.32. The van der Waals surface area contributed by atoms with Gasteiger partial charge in [0.25, 0.3) is 0 Å². The molecule has 0 atom stereocenters. The summed E-state index contributed by atoms with van der Waals surface area (Å²) in [7, 11) is 1.66. The SMILES string of the molecule is COc1ccccc1-c1cc2cc(CCl)ccc2o1. The average Bonchev–Trinajstić information content (AvgIpc) is 2.89. The minimum Gasteiger partial charge on any atom is -0.496 e. The van der Waals surface area contributed by atoms with Gasteiger partial charge < -0.3 is 9.15 Å². The van der Waals surface area contributed by atoms with E-state index in [1.54, 1.807) is 7.11 Å². The molecule has 19 heavy (non-hydrogen) atoms. The first-order valence-electron chi connectivity index (χ1n) is 6.03. The van der Waals surface area contributed by atoms with E-state index in [9.17, 15) is 0 Å². The maximum absolute atomic E-state index is 5.87. The van der Waals surface area contributed by atoms with Crippen LogP contribution in [0.1, 0.15) is 5.56 Å². The maximum Gasteiger partial charge on any atom is 0.139 e. The Kier molecular flexibility index (Phi) is 3.18. The number of furan rings is 1. The number of halogens is 1. The Balaban J connectivity index is 2.15. The lowest BCUT2D eigenvalue weighted by Gasteiger charge is -2.04. The van der Waals surface area contributed by atoms with Crippen molar-refractivity contribution in [2.45, 2.75) is 5.88 Å². The molecule has 3 heteroatoms. The van der Waals surface area contributed by atoms with Gasteiger partial charge in [-0.15, -0.1) is 11.6 Å². The van der Waals surface area contributed by atoms with E-state index in [-0.39, 0.29) is 0 Å². The Morgan fingerprint density at radius 3 is 2.74 bits per heavy atom. The Hall–Kier alpha value is -1.93. The van der Waals surface area contributed by atoms with Crippen molar-refractivity contribution < 1.29 is 9.15 Å². The van der Waals surface area contributed by atoms with Crippen molar-refractivity contribution in [1.29, 1.82) is 0 Å². The van der Waals surface area contributed by atoms with E-state index < -0.39 is 0 Å². The lowest BCUT2D eigenvalue weighted by Crippen LogP contribution is -1.85. The molecule has 0 bridgehead atoms. The highest BCUT2D eigenvalue weighted by Crippen LogP contribution is 2.34. The van der Waals surface area contributed by atoms with Gasteiger partial charge in [0.1, 0.15) is 17.1 Å². The van der Waals surface area contributed by atoms with Gasteiger partial charge in [-0.05, 0) is 35.9 Å². The van der Waals surface area contributed by atoms with E-state index in [0.717, 1.165) is 33.6 Å². The first kappa shape index (κ1) is 12.1. The third kappa shape index (κ3) is 2.20. The van der Waals surface area contributed by atoms with E-state index in [1.807, 2.05) is 48.5 Å². The van der Waals surface area contributed by atoms with Gasteiger partial charge >= 0.3 is 0 Å². The molecule has 0 N–H and O–H groups in total. The van der Waals surface area contributed by atoms with E-state index in [0.29, 0.717) is 5.88 Å². The van der Waals surface area contributed by atoms with E-state index in [4.69, 9.17) is 20.8 Å². The van der Waals surface area contributed by atoms with Crippen LogP contribution in [0.5, 0.6) is 5.75 Å². The second-order valence-corrected chi connectivity index (χ2v) is 4.58. The van der Waals surface area contributed by atoms with Gasteiger partial charge in [0.05, 0.1) is 12.7 Å². The second kappa shape index (κ2) is 4.98. The molecule has 0 unspecified atom stereocenters. The van der Waals surface area contributed by atoms with E-state index in [2.05, 4.69) is 0 Å². The number of hydrogen-bond acceptors (Lipinski definition) is 2. The van der Waals surface area contributed by atoms with Crippen molar-refractivity contribution in [3.05, 3.63) is 54.1 Å². The fourth-order valence-electron chi connectivity index (χ4n) is 2.16. The van der Waals surface area contributed by atoms with Crippen molar-refractivity contribution in [3.8, 4) is 17.1 Å². The zero-order chi connectivity index (χ0) is 13.2. The number of rotatable bonds is 3. The van der Waals surface area contributed by atoms with Gasteiger partial charge in [-0.1, -0.05) is 18.2 Å². The summed E-state index contributed by atoms with van der Waals surface area (Å²) in [5, 5.41) is 1.05. The standard InChI is InChI=1S/C16H13ClO2/c1-18-15-5-3-2-4-13(15)16-9-12-8-11(10-17)6-7-14(12)19-16/h2-9H,10H2,1H3. The minimum atomic E-state index is 0.505. The molecule has 0 saturated carbocycles. The first-order valence-corrected chi connectivity index (χ1v) is 6.57. The monoisotopic (exact) mass is 272 g/mol. The Morgan fingerprint density at radius 2 is 1.95 bits per heavy atom. The summed E-state index contributed by atoms with van der Waals surface area (Å²) < 4.78 is 11.2. The van der Waals surface area contributed by atoms with Crippen LogP contribution in [0.4, 0.5) is 0 Å². The summed E-state index contributed by atoms with van der Waals surface area (Å²) in [6, 6.07) is 15.8. The zero-order valence-corrected chi connectivity index (χ0v) is 11.3. The van der Waals surface area contributed by atoms with Crippen LogP contribution < -0.4 is 4.74 Å². The van der Waals surface area contributed by atoms with Crippen LogP contribution in [0.3, 0.4) is 0 Å². The van der Waals surface area contributed by atoms with E-state index >= 15 is 0 Å². The quantitative estimate of drug-likeness (QED) is 0.636. The Morgan fingerprint density at radius 1 is 1.11 bits per heavy atom. The Labute approximate surface area is 116 Å². The summed E-state index contributed by atoms with van der Waals surface area (Å²) in [6.45, 7) is 0. The molecule has 3 rings (SSSR count). The summed E-state index contributed by atoms with van der Waals surface area (Å²) >= 11 is 5.85. The Bertz CT molecular complexity index is 716. The van der Waals surface area contributed by atoms with Crippen LogP contribution >= 0.6 is 11.6 Å². The number of benzene rings is 2. The number of hydrogen-bond donors (Lipinski definition) is 0. The average molecular weight is 273 g/mol. The van der Waals surface area contributed by atoms with Crippen LogP contribution in [0, 0.1) is 0 Å². The fourth-order valence-corrected chi connectivity index (χ4v) is 2.32. The number of fused-ring (bicyclic) bond motifs is 1. The predicted octanol–water partition coefficient (Wildman–Crippen LogP) is 4.85. The molecule has 0 aliphatic rings. The van der Waals surface area contributed by atoms with Crippen LogP contribution in [0.15, 0.2) is 52.9 Å². The minimum absolute atomic E-state index is 0.505. The molecule has 0 radical (unpaired) electrons. The van der Waals surface area contributed by atoms with Gasteiger partial charge in [-0.25, -0.2) is 0 Å². The number of methoxy groups -OCH3 is 1. The van der Waals surface area contributed by atoms with Crippen molar-refractivity contribution in [1.82, 2.24) is 0 Å². The third-order valence-corrected chi connectivity index (χ3v) is 3.42. The molecule has 0 amide bonds. The van der Waals surface area contributed by atoms with Crippen LogP contribution in [-0.2, 0) is 5.88 Å². The summed E-state index contributed by atoms with van der Waals surface area (Å²) in [5.74, 6) is 2.11. The van der Waals surface area contributed by atoms with E-state index in [1.165, 1.54) is 0 Å². The topological polar surface area (TPSA) is 22.4 Å². The van der Waals surface area contributed by atoms with Crippen molar-refractivity contribution in [2.75, 3.05) is 7.11 Å². The smallest absolute Gasteiger partial charge is 0.139 e. The lowest BCUT2D eigenvalue weighted by molar-refractivity contribution is 0.415. The van der Waals surface area contributed by atoms with Crippen molar-refractivity contribution in [2.24, 2.45) is 0 Å². The molecule has 1 heterocycles. The molecule has 2 aromatic carbocycles. The number of alkyl halides is 1. The zero-order valence-electron chi connectivity index (χ0n) is 10.5. The van der Waals surface area contributed by atoms with Gasteiger partial charge in [0.15, 0.2) is 0 Å². The predicted molar refractivity (Wildman–Crippen MR) is 77.8 cm³/mol. The highest BCUT2D eigenvalue weighted by atomic mass is 35.5. The number of para-hydroxylation sites is 1. The van der Waals surface area contributed by atoms with Crippen molar-refractivity contribution >= 4 is 22.6 Å². The molecule has 0 fully saturated rings. The first-order chi connectivity index (χ1) is 9.31. The molecule has 0 saturated heterocycles. The van der Waals surface area contributed by atoms with Gasteiger partial charge in [-0.2, -0.15) is 0 Å². The molecule has 1 aromatic heterocycles. The molecule has 0 aliphatic carbocycles. The molecule has 96 valence electrons. The summed E-state index contributed by atoms with van der Waals surface area (Å²) in [5.41, 5.74) is 2.89. The summed E-state index contributed by atoms with van der Waals surface area (Å²) in [4.78, 5) is 0. The molecular weight excluding hydrogens is 260 g/mol. The third-order valence-electron chi connectivity index (χ3n) is 3.11. The maximum atomic E-state index is 5.87. The van der Waals surface area contributed by atoms with Crippen LogP contribution in [0.2, 0.25) is 0 Å². The highest BCUT2D eigenvalue weighted by Gasteiger charge is 2.10. The van der Waals surface area contributed by atoms with Crippen LogP contribution in [0.25, 0.3) is 22.3 Å². The number of ether oxygens (including phenoxy) is 1.